The molecular weight excluding hydrogens is 180 g/mol. The Labute approximate surface area is 75.2 Å². The molecule has 0 aromatic heterocycles. The highest BCUT2D eigenvalue weighted by Gasteiger charge is 2.49. The molecule has 0 radical (unpaired) electrons. The van der Waals surface area contributed by atoms with Gasteiger partial charge in [-0.05, 0) is 12.8 Å². The van der Waals surface area contributed by atoms with Gasteiger partial charge in [0, 0.05) is 12.8 Å². The second-order valence-corrected chi connectivity index (χ2v) is 3.30. The number of carbonyl (C=O) groups excluding carboxylic acids is 1. The van der Waals surface area contributed by atoms with Gasteiger partial charge in [0.15, 0.2) is 0 Å². The van der Waals surface area contributed by atoms with Crippen LogP contribution in [-0.2, 0) is 9.53 Å². The van der Waals surface area contributed by atoms with Gasteiger partial charge < -0.3 is 10.5 Å². The van der Waals surface area contributed by atoms with Gasteiger partial charge in [0.1, 0.15) is 6.04 Å². The number of alkyl halides is 2. The molecule has 2 N–H and O–H groups in total. The predicted octanol–water partition coefficient (Wildman–Crippen LogP) is 0.922. The molecule has 0 bridgehead atoms. The number of nitrogens with two attached hydrogens (primary N) is 1. The van der Waals surface area contributed by atoms with E-state index in [1.807, 2.05) is 0 Å². The topological polar surface area (TPSA) is 52.3 Å². The van der Waals surface area contributed by atoms with Gasteiger partial charge in [0.25, 0.3) is 0 Å². The molecule has 0 spiro atoms. The minimum Gasteiger partial charge on any atom is -0.465 e. The first-order valence-electron chi connectivity index (χ1n) is 4.26. The quantitative estimate of drug-likeness (QED) is 0.678. The molecule has 5 heteroatoms. The summed E-state index contributed by atoms with van der Waals surface area (Å²) >= 11 is 0. The molecule has 0 saturated heterocycles. The first-order valence-corrected chi connectivity index (χ1v) is 4.26. The lowest BCUT2D eigenvalue weighted by Crippen LogP contribution is -2.50. The fraction of sp³-hybridized carbons (Fsp3) is 0.875. The number of rotatable bonds is 3. The van der Waals surface area contributed by atoms with Gasteiger partial charge in [0.2, 0.25) is 5.92 Å². The Bertz CT molecular complexity index is 200. The molecule has 1 rings (SSSR count). The van der Waals surface area contributed by atoms with Crippen LogP contribution < -0.4 is 5.73 Å². The SMILES string of the molecule is CCOC(=O)C(N)C1CC(F)(F)C1. The molecule has 0 aromatic rings. The van der Waals surface area contributed by atoms with Crippen molar-refractivity contribution in [1.29, 1.82) is 0 Å². The molecule has 1 unspecified atom stereocenters. The number of carbonyl (C=O) groups is 1. The zero-order valence-electron chi connectivity index (χ0n) is 7.43. The Morgan fingerprint density at radius 1 is 1.69 bits per heavy atom. The van der Waals surface area contributed by atoms with Gasteiger partial charge in [-0.3, -0.25) is 4.79 Å². The first-order chi connectivity index (χ1) is 5.96. The smallest absolute Gasteiger partial charge is 0.323 e. The van der Waals surface area contributed by atoms with E-state index in [2.05, 4.69) is 4.74 Å². The predicted molar refractivity (Wildman–Crippen MR) is 42.3 cm³/mol. The Kier molecular flexibility index (Phi) is 2.85. The van der Waals surface area contributed by atoms with Gasteiger partial charge in [-0.25, -0.2) is 8.78 Å². The molecule has 76 valence electrons. The van der Waals surface area contributed by atoms with Crippen LogP contribution in [0.2, 0.25) is 0 Å². The van der Waals surface area contributed by atoms with Crippen molar-refractivity contribution >= 4 is 5.97 Å². The van der Waals surface area contributed by atoms with Crippen molar-refractivity contribution < 1.29 is 18.3 Å². The largest absolute Gasteiger partial charge is 0.465 e. The summed E-state index contributed by atoms with van der Waals surface area (Å²) < 4.78 is 29.4. The van der Waals surface area contributed by atoms with Crippen LogP contribution in [0.5, 0.6) is 0 Å². The lowest BCUT2D eigenvalue weighted by atomic mass is 9.77. The van der Waals surface area contributed by atoms with Crippen LogP contribution >= 0.6 is 0 Å². The van der Waals surface area contributed by atoms with Crippen molar-refractivity contribution in [3.63, 3.8) is 0 Å². The molecule has 1 saturated carbocycles. The third kappa shape index (κ3) is 2.37. The molecule has 1 aliphatic rings. The van der Waals surface area contributed by atoms with Gasteiger partial charge in [-0.15, -0.1) is 0 Å². The summed E-state index contributed by atoms with van der Waals surface area (Å²) in [4.78, 5) is 11.0. The summed E-state index contributed by atoms with van der Waals surface area (Å²) in [5.74, 6) is -3.63. The van der Waals surface area contributed by atoms with Crippen molar-refractivity contribution in [2.24, 2.45) is 11.7 Å². The van der Waals surface area contributed by atoms with E-state index < -0.39 is 23.9 Å². The van der Waals surface area contributed by atoms with E-state index in [-0.39, 0.29) is 19.4 Å². The van der Waals surface area contributed by atoms with E-state index >= 15 is 0 Å². The molecule has 0 aliphatic heterocycles. The molecule has 3 nitrogen and oxygen atoms in total. The van der Waals surface area contributed by atoms with Crippen LogP contribution in [0, 0.1) is 5.92 Å². The maximum atomic E-state index is 12.4. The van der Waals surface area contributed by atoms with Crippen LogP contribution in [-0.4, -0.2) is 24.5 Å². The summed E-state index contributed by atoms with van der Waals surface area (Å²) in [5, 5.41) is 0. The fourth-order valence-electron chi connectivity index (χ4n) is 1.39. The van der Waals surface area contributed by atoms with E-state index in [9.17, 15) is 13.6 Å². The summed E-state index contributed by atoms with van der Waals surface area (Å²) in [6, 6.07) is -0.889. The number of hydrogen-bond donors (Lipinski definition) is 1. The van der Waals surface area contributed by atoms with Crippen molar-refractivity contribution in [3.05, 3.63) is 0 Å². The van der Waals surface area contributed by atoms with Crippen LogP contribution in [0.3, 0.4) is 0 Å². The van der Waals surface area contributed by atoms with Crippen LogP contribution in [0.4, 0.5) is 8.78 Å². The number of hydrogen-bond acceptors (Lipinski definition) is 3. The lowest BCUT2D eigenvalue weighted by Gasteiger charge is -2.37. The van der Waals surface area contributed by atoms with Gasteiger partial charge in [0.05, 0.1) is 6.61 Å². The zero-order chi connectivity index (χ0) is 10.1. The summed E-state index contributed by atoms with van der Waals surface area (Å²) in [6.07, 6.45) is -0.597. The second kappa shape index (κ2) is 3.57. The third-order valence-electron chi connectivity index (χ3n) is 2.19. The van der Waals surface area contributed by atoms with E-state index in [4.69, 9.17) is 5.73 Å². The minimum absolute atomic E-state index is 0.232. The van der Waals surface area contributed by atoms with Crippen LogP contribution in [0.1, 0.15) is 19.8 Å². The summed E-state index contributed by atoms with van der Waals surface area (Å²) in [6.45, 7) is 1.88. The first kappa shape index (κ1) is 10.4. The number of halogens is 2. The molecule has 0 amide bonds. The Balaban J connectivity index is 2.34. The molecule has 13 heavy (non-hydrogen) atoms. The lowest BCUT2D eigenvalue weighted by molar-refractivity contribution is -0.156. The fourth-order valence-corrected chi connectivity index (χ4v) is 1.39. The van der Waals surface area contributed by atoms with Crippen LogP contribution in [0.15, 0.2) is 0 Å². The monoisotopic (exact) mass is 193 g/mol. The Morgan fingerprint density at radius 3 is 2.62 bits per heavy atom. The molecule has 1 aliphatic carbocycles. The van der Waals surface area contributed by atoms with Crippen molar-refractivity contribution in [2.75, 3.05) is 6.61 Å². The average molecular weight is 193 g/mol. The van der Waals surface area contributed by atoms with E-state index in [1.54, 1.807) is 6.92 Å². The standard InChI is InChI=1S/C8H13F2NO2/c1-2-13-7(12)6(11)5-3-8(9,10)4-5/h5-6H,2-4,11H2,1H3. The molecule has 1 fully saturated rings. The minimum atomic E-state index is -2.63. The highest BCUT2D eigenvalue weighted by Crippen LogP contribution is 2.43. The average Bonchev–Trinajstić information content (AvgIpc) is 1.99. The van der Waals surface area contributed by atoms with E-state index in [1.165, 1.54) is 0 Å². The van der Waals surface area contributed by atoms with E-state index in [0.717, 1.165) is 0 Å². The molecule has 1 atom stereocenters. The number of ether oxygens (including phenoxy) is 1. The highest BCUT2D eigenvalue weighted by molar-refractivity contribution is 5.76. The molecular formula is C8H13F2NO2. The van der Waals surface area contributed by atoms with Gasteiger partial charge in [-0.2, -0.15) is 0 Å². The Morgan fingerprint density at radius 2 is 2.23 bits per heavy atom. The van der Waals surface area contributed by atoms with Gasteiger partial charge >= 0.3 is 5.97 Å². The maximum absolute atomic E-state index is 12.4. The highest BCUT2D eigenvalue weighted by atomic mass is 19.3. The normalized spacial score (nSPS) is 23.4. The van der Waals surface area contributed by atoms with Gasteiger partial charge in [-0.1, -0.05) is 0 Å². The third-order valence-corrected chi connectivity index (χ3v) is 2.19. The zero-order valence-corrected chi connectivity index (χ0v) is 7.43. The number of esters is 1. The second-order valence-electron chi connectivity index (χ2n) is 3.30. The Hall–Kier alpha value is -0.710. The summed E-state index contributed by atoms with van der Waals surface area (Å²) in [5.41, 5.74) is 5.42. The molecule has 0 heterocycles. The van der Waals surface area contributed by atoms with Crippen molar-refractivity contribution in [2.45, 2.75) is 31.7 Å². The van der Waals surface area contributed by atoms with Crippen LogP contribution in [0.25, 0.3) is 0 Å². The maximum Gasteiger partial charge on any atom is 0.323 e. The molecule has 0 aromatic carbocycles. The van der Waals surface area contributed by atoms with E-state index in [0.29, 0.717) is 0 Å². The summed E-state index contributed by atoms with van der Waals surface area (Å²) in [7, 11) is 0. The van der Waals surface area contributed by atoms with Crippen molar-refractivity contribution in [3.8, 4) is 0 Å². The van der Waals surface area contributed by atoms with Crippen molar-refractivity contribution in [1.82, 2.24) is 0 Å².